The number of nitrogens with one attached hydrogen (secondary N) is 1. The molecular formula is C12H21N3O2. The first-order valence-corrected chi connectivity index (χ1v) is 5.94. The molecule has 17 heavy (non-hydrogen) atoms. The summed E-state index contributed by atoms with van der Waals surface area (Å²) >= 11 is 0. The molecule has 5 nitrogen and oxygen atoms in total. The van der Waals surface area contributed by atoms with Crippen molar-refractivity contribution in [3.8, 4) is 0 Å². The summed E-state index contributed by atoms with van der Waals surface area (Å²) in [6, 6.07) is 3.75. The number of nitrogen functional groups attached to an aromatic ring is 1. The highest BCUT2D eigenvalue weighted by molar-refractivity contribution is 5.33. The Balaban J connectivity index is 2.05. The first-order valence-electron chi connectivity index (χ1n) is 5.94. The SMILES string of the molecule is CCCCOCCOCc1ccc(NN)nc1. The molecule has 0 atom stereocenters. The highest BCUT2D eigenvalue weighted by Gasteiger charge is 1.95. The van der Waals surface area contributed by atoms with E-state index in [9.17, 15) is 0 Å². The zero-order valence-electron chi connectivity index (χ0n) is 10.3. The van der Waals surface area contributed by atoms with Crippen molar-refractivity contribution < 1.29 is 9.47 Å². The van der Waals surface area contributed by atoms with Crippen molar-refractivity contribution in [3.63, 3.8) is 0 Å². The molecule has 0 saturated heterocycles. The molecule has 96 valence electrons. The van der Waals surface area contributed by atoms with E-state index in [0.29, 0.717) is 25.6 Å². The predicted molar refractivity (Wildman–Crippen MR) is 67.4 cm³/mol. The molecule has 0 saturated carbocycles. The van der Waals surface area contributed by atoms with Gasteiger partial charge in [-0.3, -0.25) is 0 Å². The minimum absolute atomic E-state index is 0.551. The van der Waals surface area contributed by atoms with Crippen LogP contribution in [0.25, 0.3) is 0 Å². The van der Waals surface area contributed by atoms with Crippen LogP contribution >= 0.6 is 0 Å². The smallest absolute Gasteiger partial charge is 0.139 e. The fourth-order valence-electron chi connectivity index (χ4n) is 1.25. The largest absolute Gasteiger partial charge is 0.379 e. The van der Waals surface area contributed by atoms with Gasteiger partial charge >= 0.3 is 0 Å². The molecule has 0 unspecified atom stereocenters. The number of nitrogens with two attached hydrogens (primary N) is 1. The number of hydrogen-bond donors (Lipinski definition) is 2. The molecule has 0 amide bonds. The van der Waals surface area contributed by atoms with Crippen molar-refractivity contribution in [2.24, 2.45) is 5.84 Å². The zero-order chi connectivity index (χ0) is 12.3. The Morgan fingerprint density at radius 1 is 1.24 bits per heavy atom. The Morgan fingerprint density at radius 3 is 2.71 bits per heavy atom. The van der Waals surface area contributed by atoms with Crippen molar-refractivity contribution >= 4 is 5.82 Å². The van der Waals surface area contributed by atoms with Crippen LogP contribution in [0.5, 0.6) is 0 Å². The summed E-state index contributed by atoms with van der Waals surface area (Å²) in [6.45, 7) is 4.77. The molecule has 1 aromatic rings. The molecule has 0 aromatic carbocycles. The van der Waals surface area contributed by atoms with Crippen LogP contribution in [-0.2, 0) is 16.1 Å². The normalized spacial score (nSPS) is 10.5. The lowest BCUT2D eigenvalue weighted by molar-refractivity contribution is 0.0396. The molecule has 1 aromatic heterocycles. The average Bonchev–Trinajstić information content (AvgIpc) is 2.38. The molecule has 0 spiro atoms. The van der Waals surface area contributed by atoms with E-state index in [2.05, 4.69) is 17.3 Å². The van der Waals surface area contributed by atoms with E-state index in [1.54, 1.807) is 6.20 Å². The van der Waals surface area contributed by atoms with Crippen LogP contribution in [0.15, 0.2) is 18.3 Å². The fourth-order valence-corrected chi connectivity index (χ4v) is 1.25. The number of ether oxygens (including phenoxy) is 2. The number of aromatic nitrogens is 1. The van der Waals surface area contributed by atoms with E-state index in [1.807, 2.05) is 12.1 Å². The van der Waals surface area contributed by atoms with Gasteiger partial charge in [-0.2, -0.15) is 0 Å². The van der Waals surface area contributed by atoms with Crippen LogP contribution in [-0.4, -0.2) is 24.8 Å². The minimum Gasteiger partial charge on any atom is -0.379 e. The summed E-state index contributed by atoms with van der Waals surface area (Å²) in [4.78, 5) is 4.09. The van der Waals surface area contributed by atoms with Gasteiger partial charge in [0.15, 0.2) is 0 Å². The second kappa shape index (κ2) is 8.92. The molecule has 0 fully saturated rings. The summed E-state index contributed by atoms with van der Waals surface area (Å²) in [5.41, 5.74) is 3.50. The summed E-state index contributed by atoms with van der Waals surface area (Å²) in [5, 5.41) is 0. The summed E-state index contributed by atoms with van der Waals surface area (Å²) < 4.78 is 10.8. The Morgan fingerprint density at radius 2 is 2.06 bits per heavy atom. The molecular weight excluding hydrogens is 218 g/mol. The maximum atomic E-state index is 5.46. The van der Waals surface area contributed by atoms with E-state index in [4.69, 9.17) is 15.3 Å². The molecule has 0 aliphatic carbocycles. The number of hydrogen-bond acceptors (Lipinski definition) is 5. The van der Waals surface area contributed by atoms with E-state index >= 15 is 0 Å². The van der Waals surface area contributed by atoms with Crippen molar-refractivity contribution in [2.75, 3.05) is 25.2 Å². The lowest BCUT2D eigenvalue weighted by Gasteiger charge is -2.06. The van der Waals surface area contributed by atoms with Crippen LogP contribution in [0.4, 0.5) is 5.82 Å². The van der Waals surface area contributed by atoms with Crippen molar-refractivity contribution in [3.05, 3.63) is 23.9 Å². The first-order chi connectivity index (χ1) is 8.36. The van der Waals surface area contributed by atoms with E-state index < -0.39 is 0 Å². The van der Waals surface area contributed by atoms with Gasteiger partial charge in [-0.05, 0) is 18.1 Å². The molecule has 3 N–H and O–H groups in total. The number of rotatable bonds is 9. The van der Waals surface area contributed by atoms with Crippen molar-refractivity contribution in [2.45, 2.75) is 26.4 Å². The maximum absolute atomic E-state index is 5.46. The quantitative estimate of drug-likeness (QED) is 0.390. The van der Waals surface area contributed by atoms with Gasteiger partial charge in [0.05, 0.1) is 19.8 Å². The van der Waals surface area contributed by atoms with Crippen LogP contribution in [0.3, 0.4) is 0 Å². The minimum atomic E-state index is 0.551. The monoisotopic (exact) mass is 239 g/mol. The third kappa shape index (κ3) is 6.21. The number of anilines is 1. The molecule has 1 heterocycles. The molecule has 5 heteroatoms. The third-order valence-corrected chi connectivity index (χ3v) is 2.26. The third-order valence-electron chi connectivity index (χ3n) is 2.26. The number of unbranched alkanes of at least 4 members (excludes halogenated alkanes) is 1. The summed E-state index contributed by atoms with van der Waals surface area (Å²) in [7, 11) is 0. The first kappa shape index (κ1) is 13.9. The van der Waals surface area contributed by atoms with Gasteiger partial charge in [-0.1, -0.05) is 19.4 Å². The van der Waals surface area contributed by atoms with Gasteiger partial charge in [0, 0.05) is 12.8 Å². The maximum Gasteiger partial charge on any atom is 0.139 e. The fraction of sp³-hybridized carbons (Fsp3) is 0.583. The second-order valence-electron chi connectivity index (χ2n) is 3.71. The number of hydrazine groups is 1. The average molecular weight is 239 g/mol. The predicted octanol–water partition coefficient (Wildman–Crippen LogP) is 1.70. The van der Waals surface area contributed by atoms with Gasteiger partial charge in [0.25, 0.3) is 0 Å². The van der Waals surface area contributed by atoms with Gasteiger partial charge in [-0.25, -0.2) is 10.8 Å². The van der Waals surface area contributed by atoms with Crippen molar-refractivity contribution in [1.29, 1.82) is 0 Å². The standard InChI is InChI=1S/C12H21N3O2/c1-2-3-6-16-7-8-17-10-11-4-5-12(15-13)14-9-11/h4-5,9H,2-3,6-8,10,13H2,1H3,(H,14,15). The highest BCUT2D eigenvalue weighted by atomic mass is 16.5. The summed E-state index contributed by atoms with van der Waals surface area (Å²) in [5.74, 6) is 5.87. The number of pyridine rings is 1. The van der Waals surface area contributed by atoms with Crippen LogP contribution in [0.2, 0.25) is 0 Å². The van der Waals surface area contributed by atoms with Crippen LogP contribution < -0.4 is 11.3 Å². The zero-order valence-corrected chi connectivity index (χ0v) is 10.3. The van der Waals surface area contributed by atoms with Crippen LogP contribution in [0.1, 0.15) is 25.3 Å². The van der Waals surface area contributed by atoms with Crippen LogP contribution in [0, 0.1) is 0 Å². The Kier molecular flexibility index (Phi) is 7.29. The molecule has 1 rings (SSSR count). The second-order valence-corrected chi connectivity index (χ2v) is 3.71. The highest BCUT2D eigenvalue weighted by Crippen LogP contribution is 2.04. The van der Waals surface area contributed by atoms with E-state index in [-0.39, 0.29) is 0 Å². The lowest BCUT2D eigenvalue weighted by atomic mass is 10.3. The van der Waals surface area contributed by atoms with Crippen molar-refractivity contribution in [1.82, 2.24) is 4.98 Å². The van der Waals surface area contributed by atoms with Gasteiger partial charge in [0.1, 0.15) is 5.82 Å². The van der Waals surface area contributed by atoms with Gasteiger partial charge in [-0.15, -0.1) is 0 Å². The van der Waals surface area contributed by atoms with E-state index in [1.165, 1.54) is 0 Å². The van der Waals surface area contributed by atoms with E-state index in [0.717, 1.165) is 25.0 Å². The molecule has 0 aliphatic heterocycles. The van der Waals surface area contributed by atoms with Gasteiger partial charge < -0.3 is 14.9 Å². The Bertz CT molecular complexity index is 290. The topological polar surface area (TPSA) is 69.4 Å². The Labute approximate surface area is 102 Å². The number of nitrogens with zero attached hydrogens (tertiary/aromatic N) is 1. The molecule has 0 bridgehead atoms. The van der Waals surface area contributed by atoms with Gasteiger partial charge in [0.2, 0.25) is 0 Å². The molecule has 0 radical (unpaired) electrons. The lowest BCUT2D eigenvalue weighted by Crippen LogP contribution is -2.08. The Hall–Kier alpha value is -1.17. The molecule has 0 aliphatic rings. The summed E-state index contributed by atoms with van der Waals surface area (Å²) in [6.07, 6.45) is 4.01.